The molecule has 0 amide bonds. The summed E-state index contributed by atoms with van der Waals surface area (Å²) in [6.07, 6.45) is 4.04. The maximum absolute atomic E-state index is 11.9. The molecular weight excluding hydrogens is 238 g/mol. The van der Waals surface area contributed by atoms with Gasteiger partial charge < -0.3 is 5.32 Å². The Morgan fingerprint density at radius 2 is 1.88 bits per heavy atom. The number of Topliss-reactive ketones (excluding diaryl/α,β-unsaturated/α-hetero) is 1. The lowest BCUT2D eigenvalue weighted by Gasteiger charge is -2.11. The van der Waals surface area contributed by atoms with E-state index in [2.05, 4.69) is 18.3 Å². The SMILES string of the molecule is CNCC(=O)c1cc(SC)c(C)cc1SC. The van der Waals surface area contributed by atoms with Crippen LogP contribution in [0.5, 0.6) is 0 Å². The third-order valence-electron chi connectivity index (χ3n) is 2.35. The van der Waals surface area contributed by atoms with Gasteiger partial charge in [-0.05, 0) is 44.2 Å². The van der Waals surface area contributed by atoms with Crippen molar-refractivity contribution in [3.8, 4) is 0 Å². The Hall–Kier alpha value is -0.450. The van der Waals surface area contributed by atoms with E-state index >= 15 is 0 Å². The van der Waals surface area contributed by atoms with Gasteiger partial charge in [-0.1, -0.05) is 0 Å². The second-order valence-corrected chi connectivity index (χ2v) is 5.17. The van der Waals surface area contributed by atoms with Crippen molar-refractivity contribution >= 4 is 29.3 Å². The largest absolute Gasteiger partial charge is 0.313 e. The van der Waals surface area contributed by atoms with E-state index in [1.54, 1.807) is 30.6 Å². The molecule has 0 heterocycles. The van der Waals surface area contributed by atoms with Gasteiger partial charge in [0.1, 0.15) is 0 Å². The lowest BCUT2D eigenvalue weighted by atomic mass is 10.1. The summed E-state index contributed by atoms with van der Waals surface area (Å²) in [7, 11) is 1.79. The number of rotatable bonds is 5. The van der Waals surface area contributed by atoms with Crippen molar-refractivity contribution in [1.29, 1.82) is 0 Å². The molecule has 0 atom stereocenters. The Bertz CT molecular complexity index is 391. The van der Waals surface area contributed by atoms with Crippen molar-refractivity contribution < 1.29 is 4.79 Å². The quantitative estimate of drug-likeness (QED) is 0.647. The molecule has 0 aliphatic rings. The fraction of sp³-hybridized carbons (Fsp3) is 0.417. The molecule has 1 aromatic carbocycles. The zero-order valence-electron chi connectivity index (χ0n) is 10.1. The molecule has 0 unspecified atom stereocenters. The highest BCUT2D eigenvalue weighted by atomic mass is 32.2. The fourth-order valence-corrected chi connectivity index (χ4v) is 2.83. The number of nitrogens with one attached hydrogen (secondary N) is 1. The number of ketones is 1. The number of hydrogen-bond donors (Lipinski definition) is 1. The van der Waals surface area contributed by atoms with E-state index in [1.807, 2.05) is 18.6 Å². The second-order valence-electron chi connectivity index (χ2n) is 3.48. The van der Waals surface area contributed by atoms with Gasteiger partial charge in [-0.15, -0.1) is 23.5 Å². The van der Waals surface area contributed by atoms with Gasteiger partial charge in [0.15, 0.2) is 5.78 Å². The van der Waals surface area contributed by atoms with Gasteiger partial charge in [0.2, 0.25) is 0 Å². The second kappa shape index (κ2) is 6.33. The summed E-state index contributed by atoms with van der Waals surface area (Å²) in [5.41, 5.74) is 2.06. The van der Waals surface area contributed by atoms with E-state index in [0.717, 1.165) is 10.5 Å². The van der Waals surface area contributed by atoms with E-state index < -0.39 is 0 Å². The summed E-state index contributed by atoms with van der Waals surface area (Å²) in [6, 6.07) is 4.10. The normalized spacial score (nSPS) is 10.5. The maximum Gasteiger partial charge on any atom is 0.177 e. The summed E-state index contributed by atoms with van der Waals surface area (Å²) in [5.74, 6) is 0.155. The summed E-state index contributed by atoms with van der Waals surface area (Å²) in [6.45, 7) is 2.47. The molecule has 0 radical (unpaired) electrons. The van der Waals surface area contributed by atoms with Crippen molar-refractivity contribution in [1.82, 2.24) is 5.32 Å². The Morgan fingerprint density at radius 3 is 2.38 bits per heavy atom. The van der Waals surface area contributed by atoms with Crippen molar-refractivity contribution in [2.24, 2.45) is 0 Å². The van der Waals surface area contributed by atoms with Crippen LogP contribution >= 0.6 is 23.5 Å². The Balaban J connectivity index is 3.19. The minimum atomic E-state index is 0.155. The molecule has 1 aromatic rings. The first kappa shape index (κ1) is 13.6. The third-order valence-corrected chi connectivity index (χ3v) is 4.01. The van der Waals surface area contributed by atoms with Gasteiger partial charge in [-0.2, -0.15) is 0 Å². The molecule has 0 saturated heterocycles. The molecule has 0 fully saturated rings. The summed E-state index contributed by atoms with van der Waals surface area (Å²) in [5, 5.41) is 2.90. The van der Waals surface area contributed by atoms with Crippen LogP contribution in [0.1, 0.15) is 15.9 Å². The van der Waals surface area contributed by atoms with E-state index in [1.165, 1.54) is 10.5 Å². The number of hydrogen-bond acceptors (Lipinski definition) is 4. The van der Waals surface area contributed by atoms with Gasteiger partial charge in [-0.3, -0.25) is 4.79 Å². The minimum absolute atomic E-state index is 0.155. The van der Waals surface area contributed by atoms with Crippen molar-refractivity contribution in [2.75, 3.05) is 26.1 Å². The molecule has 0 saturated carbocycles. The van der Waals surface area contributed by atoms with Crippen LogP contribution in [0.25, 0.3) is 0 Å². The Morgan fingerprint density at radius 1 is 1.25 bits per heavy atom. The summed E-state index contributed by atoms with van der Waals surface area (Å²) < 4.78 is 0. The number of likely N-dealkylation sites (N-methyl/N-ethyl adjacent to an activating group) is 1. The maximum atomic E-state index is 11.9. The fourth-order valence-electron chi connectivity index (χ4n) is 1.52. The zero-order chi connectivity index (χ0) is 12.1. The van der Waals surface area contributed by atoms with Crippen LogP contribution in [-0.4, -0.2) is 31.9 Å². The van der Waals surface area contributed by atoms with Crippen LogP contribution in [0.4, 0.5) is 0 Å². The standard InChI is InChI=1S/C12H17NOS2/c1-8-5-12(16-4)9(6-11(8)15-3)10(14)7-13-2/h5-6,13H,7H2,1-4H3. The van der Waals surface area contributed by atoms with Crippen LogP contribution in [0.15, 0.2) is 21.9 Å². The summed E-state index contributed by atoms with van der Waals surface area (Å²) in [4.78, 5) is 14.2. The Kier molecular flexibility index (Phi) is 5.38. The van der Waals surface area contributed by atoms with Crippen LogP contribution in [-0.2, 0) is 0 Å². The van der Waals surface area contributed by atoms with Gasteiger partial charge in [-0.25, -0.2) is 0 Å². The first-order chi connectivity index (χ1) is 7.63. The van der Waals surface area contributed by atoms with E-state index in [4.69, 9.17) is 0 Å². The van der Waals surface area contributed by atoms with Gasteiger partial charge in [0, 0.05) is 15.4 Å². The predicted molar refractivity (Wildman–Crippen MR) is 73.0 cm³/mol. The molecule has 2 nitrogen and oxygen atoms in total. The van der Waals surface area contributed by atoms with Crippen LogP contribution in [0.3, 0.4) is 0 Å². The molecule has 0 aliphatic carbocycles. The minimum Gasteiger partial charge on any atom is -0.313 e. The average Bonchev–Trinajstić information content (AvgIpc) is 2.28. The Labute approximate surface area is 106 Å². The number of benzene rings is 1. The molecule has 1 rings (SSSR count). The van der Waals surface area contributed by atoms with Gasteiger partial charge in [0.05, 0.1) is 6.54 Å². The van der Waals surface area contributed by atoms with Gasteiger partial charge >= 0.3 is 0 Å². The molecule has 0 bridgehead atoms. The lowest BCUT2D eigenvalue weighted by Crippen LogP contribution is -2.19. The highest BCUT2D eigenvalue weighted by molar-refractivity contribution is 7.99. The molecule has 88 valence electrons. The van der Waals surface area contributed by atoms with E-state index in [9.17, 15) is 4.79 Å². The van der Waals surface area contributed by atoms with Crippen LogP contribution in [0.2, 0.25) is 0 Å². The number of thioether (sulfide) groups is 2. The highest BCUT2D eigenvalue weighted by Crippen LogP contribution is 2.29. The zero-order valence-corrected chi connectivity index (χ0v) is 11.7. The lowest BCUT2D eigenvalue weighted by molar-refractivity contribution is 0.0990. The van der Waals surface area contributed by atoms with E-state index in [0.29, 0.717) is 6.54 Å². The van der Waals surface area contributed by atoms with Gasteiger partial charge in [0.25, 0.3) is 0 Å². The van der Waals surface area contributed by atoms with Crippen LogP contribution < -0.4 is 5.32 Å². The molecule has 0 aliphatic heterocycles. The molecular formula is C12H17NOS2. The topological polar surface area (TPSA) is 29.1 Å². The predicted octanol–water partition coefficient (Wildman–Crippen LogP) is 2.84. The third kappa shape index (κ3) is 3.03. The molecule has 1 N–H and O–H groups in total. The first-order valence-electron chi connectivity index (χ1n) is 5.04. The van der Waals surface area contributed by atoms with Crippen LogP contribution in [0, 0.1) is 6.92 Å². The number of carbonyl (C=O) groups excluding carboxylic acids is 1. The first-order valence-corrected chi connectivity index (χ1v) is 7.49. The summed E-state index contributed by atoms with van der Waals surface area (Å²) >= 11 is 3.31. The molecule has 0 spiro atoms. The molecule has 0 aromatic heterocycles. The van der Waals surface area contributed by atoms with Crippen molar-refractivity contribution in [3.63, 3.8) is 0 Å². The number of carbonyl (C=O) groups is 1. The van der Waals surface area contributed by atoms with Crippen molar-refractivity contribution in [3.05, 3.63) is 23.3 Å². The van der Waals surface area contributed by atoms with E-state index in [-0.39, 0.29) is 5.78 Å². The average molecular weight is 255 g/mol. The molecule has 16 heavy (non-hydrogen) atoms. The smallest absolute Gasteiger partial charge is 0.177 e. The monoisotopic (exact) mass is 255 g/mol. The number of aryl methyl sites for hydroxylation is 1. The highest BCUT2D eigenvalue weighted by Gasteiger charge is 2.12. The van der Waals surface area contributed by atoms with Crippen molar-refractivity contribution in [2.45, 2.75) is 16.7 Å². The molecule has 4 heteroatoms.